The Labute approximate surface area is 125 Å². The average molecular weight is 354 g/mol. The molecule has 0 bridgehead atoms. The second-order valence-corrected chi connectivity index (χ2v) is 6.21. The van der Waals surface area contributed by atoms with Crippen LogP contribution in [-0.4, -0.2) is 35.0 Å². The molecular weight excluding hydrogens is 349 g/mol. The number of carbonyl (C=O) groups is 1. The molecular formula is C10H5F3N2O5S2. The summed E-state index contributed by atoms with van der Waals surface area (Å²) in [6.45, 7) is 0. The van der Waals surface area contributed by atoms with Crippen LogP contribution in [0.2, 0.25) is 0 Å². The summed E-state index contributed by atoms with van der Waals surface area (Å²) in [5.41, 5.74) is -5.34. The maximum absolute atomic E-state index is 12.3. The fourth-order valence-corrected chi connectivity index (χ4v) is 2.58. The van der Waals surface area contributed by atoms with Gasteiger partial charge in [-0.2, -0.15) is 26.6 Å². The first kappa shape index (κ1) is 16.2. The highest BCUT2D eigenvalue weighted by Gasteiger charge is 2.49. The molecule has 0 spiro atoms. The number of carboxylic acid groups (broad SMARTS) is 1. The van der Waals surface area contributed by atoms with Crippen LogP contribution in [0.25, 0.3) is 10.6 Å². The third-order valence-corrected chi connectivity index (χ3v) is 4.21. The van der Waals surface area contributed by atoms with Crippen molar-refractivity contribution in [3.63, 3.8) is 0 Å². The van der Waals surface area contributed by atoms with Crippen LogP contribution in [0.3, 0.4) is 0 Å². The number of nitrogens with zero attached hydrogens (tertiary/aromatic N) is 2. The van der Waals surface area contributed by atoms with Crippen molar-refractivity contribution < 1.29 is 35.7 Å². The fraction of sp³-hybridized carbons (Fsp3) is 0.100. The van der Waals surface area contributed by atoms with E-state index in [-0.39, 0.29) is 5.01 Å². The number of pyridine rings is 1. The lowest BCUT2D eigenvalue weighted by Crippen LogP contribution is -2.28. The van der Waals surface area contributed by atoms with Crippen molar-refractivity contribution in [1.29, 1.82) is 0 Å². The van der Waals surface area contributed by atoms with Crippen molar-refractivity contribution in [2.45, 2.75) is 5.51 Å². The number of aromatic nitrogens is 2. The van der Waals surface area contributed by atoms with Crippen molar-refractivity contribution in [3.05, 3.63) is 29.4 Å². The normalized spacial score (nSPS) is 12.1. The highest BCUT2D eigenvalue weighted by molar-refractivity contribution is 7.88. The molecule has 0 unspecified atom stereocenters. The lowest BCUT2D eigenvalue weighted by atomic mass is 10.3. The molecule has 0 saturated heterocycles. The SMILES string of the molecule is O=C(O)c1sc(-c2ccncc2)nc1OS(=O)(=O)C(F)(F)F. The van der Waals surface area contributed by atoms with E-state index in [9.17, 15) is 26.4 Å². The number of rotatable bonds is 4. The Morgan fingerprint density at radius 2 is 1.86 bits per heavy atom. The van der Waals surface area contributed by atoms with Crippen LogP contribution in [0.1, 0.15) is 9.67 Å². The van der Waals surface area contributed by atoms with Gasteiger partial charge in [0.25, 0.3) is 5.88 Å². The molecule has 0 aliphatic carbocycles. The molecule has 0 atom stereocenters. The molecule has 7 nitrogen and oxygen atoms in total. The monoisotopic (exact) mass is 354 g/mol. The zero-order chi connectivity index (χ0) is 16.5. The topological polar surface area (TPSA) is 106 Å². The van der Waals surface area contributed by atoms with Crippen molar-refractivity contribution in [2.75, 3.05) is 0 Å². The molecule has 2 heterocycles. The Balaban J connectivity index is 2.48. The molecule has 22 heavy (non-hydrogen) atoms. The molecule has 0 fully saturated rings. The van der Waals surface area contributed by atoms with Gasteiger partial charge >= 0.3 is 21.6 Å². The van der Waals surface area contributed by atoms with Crippen LogP contribution in [0.5, 0.6) is 5.88 Å². The molecule has 0 radical (unpaired) electrons. The van der Waals surface area contributed by atoms with Gasteiger partial charge in [-0.1, -0.05) is 0 Å². The van der Waals surface area contributed by atoms with Crippen molar-refractivity contribution in [2.24, 2.45) is 0 Å². The molecule has 2 aromatic rings. The minimum atomic E-state index is -6.01. The van der Waals surface area contributed by atoms with Crippen LogP contribution >= 0.6 is 11.3 Å². The molecule has 1 N–H and O–H groups in total. The molecule has 0 aromatic carbocycles. The van der Waals surface area contributed by atoms with Gasteiger partial charge in [0.2, 0.25) is 0 Å². The highest BCUT2D eigenvalue weighted by atomic mass is 32.2. The van der Waals surface area contributed by atoms with Gasteiger partial charge in [0, 0.05) is 18.0 Å². The van der Waals surface area contributed by atoms with E-state index >= 15 is 0 Å². The summed E-state index contributed by atoms with van der Waals surface area (Å²) >= 11 is 0.477. The third-order valence-electron chi connectivity index (χ3n) is 2.19. The van der Waals surface area contributed by atoms with Gasteiger partial charge in [-0.05, 0) is 12.1 Å². The number of aromatic carboxylic acids is 1. The largest absolute Gasteiger partial charge is 0.534 e. The number of hydrogen-bond acceptors (Lipinski definition) is 7. The lowest BCUT2D eigenvalue weighted by molar-refractivity contribution is -0.0501. The van der Waals surface area contributed by atoms with Gasteiger partial charge in [0.15, 0.2) is 4.88 Å². The van der Waals surface area contributed by atoms with Gasteiger partial charge in [0.1, 0.15) is 5.01 Å². The lowest BCUT2D eigenvalue weighted by Gasteiger charge is -2.07. The summed E-state index contributed by atoms with van der Waals surface area (Å²) in [4.78, 5) is 17.5. The molecule has 12 heteroatoms. The second kappa shape index (κ2) is 5.53. The summed E-state index contributed by atoms with van der Waals surface area (Å²) in [5, 5.41) is 8.91. The van der Waals surface area contributed by atoms with E-state index in [1.54, 1.807) is 0 Å². The predicted octanol–water partition coefficient (Wildman–Crippen LogP) is 2.13. The van der Waals surface area contributed by atoms with Crippen molar-refractivity contribution in [3.8, 4) is 16.5 Å². The maximum atomic E-state index is 12.3. The van der Waals surface area contributed by atoms with E-state index in [2.05, 4.69) is 14.2 Å². The molecule has 0 amide bonds. The van der Waals surface area contributed by atoms with Crippen LogP contribution < -0.4 is 4.18 Å². The van der Waals surface area contributed by atoms with Crippen LogP contribution in [-0.2, 0) is 10.1 Å². The Morgan fingerprint density at radius 3 is 2.36 bits per heavy atom. The summed E-state index contributed by atoms with van der Waals surface area (Å²) < 4.78 is 62.6. The molecule has 2 rings (SSSR count). The number of hydrogen-bond donors (Lipinski definition) is 1. The van der Waals surface area contributed by atoms with Crippen molar-refractivity contribution in [1.82, 2.24) is 9.97 Å². The van der Waals surface area contributed by atoms with Crippen LogP contribution in [0, 0.1) is 0 Å². The standard InChI is InChI=1S/C10H5F3N2O5S2/c11-10(12,13)22(18,19)20-7-6(9(16)17)21-8(15-7)5-1-3-14-4-2-5/h1-4H,(H,16,17). The zero-order valence-electron chi connectivity index (χ0n) is 10.2. The number of thiazole rings is 1. The summed E-state index contributed by atoms with van der Waals surface area (Å²) in [7, 11) is -6.01. The smallest absolute Gasteiger partial charge is 0.477 e. The van der Waals surface area contributed by atoms with E-state index in [0.717, 1.165) is 0 Å². The minimum absolute atomic E-state index is 0.0211. The molecule has 0 saturated carbocycles. The Hall–Kier alpha value is -2.21. The average Bonchev–Trinajstić information content (AvgIpc) is 2.82. The fourth-order valence-electron chi connectivity index (χ4n) is 1.27. The van der Waals surface area contributed by atoms with Crippen molar-refractivity contribution >= 4 is 27.4 Å². The predicted molar refractivity (Wildman–Crippen MR) is 67.9 cm³/mol. The second-order valence-electron chi connectivity index (χ2n) is 3.68. The Morgan fingerprint density at radius 1 is 1.27 bits per heavy atom. The van der Waals surface area contributed by atoms with E-state index in [4.69, 9.17) is 5.11 Å². The number of alkyl halides is 3. The Bertz CT molecular complexity index is 802. The Kier molecular flexibility index (Phi) is 4.06. The zero-order valence-corrected chi connectivity index (χ0v) is 11.9. The van der Waals surface area contributed by atoms with Gasteiger partial charge < -0.3 is 9.29 Å². The van der Waals surface area contributed by atoms with Crippen LogP contribution in [0.4, 0.5) is 13.2 Å². The number of halogens is 3. The van der Waals surface area contributed by atoms with E-state index in [1.165, 1.54) is 24.5 Å². The van der Waals surface area contributed by atoms with Gasteiger partial charge in [-0.25, -0.2) is 4.79 Å². The quantitative estimate of drug-likeness (QED) is 0.662. The number of carboxylic acids is 1. The van der Waals surface area contributed by atoms with Gasteiger partial charge in [0.05, 0.1) is 0 Å². The molecule has 118 valence electrons. The highest BCUT2D eigenvalue weighted by Crippen LogP contribution is 2.35. The summed E-state index contributed by atoms with van der Waals surface area (Å²) in [5.74, 6) is -2.80. The van der Waals surface area contributed by atoms with Gasteiger partial charge in [-0.15, -0.1) is 11.3 Å². The maximum Gasteiger partial charge on any atom is 0.534 e. The van der Waals surface area contributed by atoms with Crippen LogP contribution in [0.15, 0.2) is 24.5 Å². The molecule has 2 aromatic heterocycles. The van der Waals surface area contributed by atoms with Gasteiger partial charge in [-0.3, -0.25) is 4.98 Å². The molecule has 0 aliphatic heterocycles. The first-order valence-electron chi connectivity index (χ1n) is 5.27. The minimum Gasteiger partial charge on any atom is -0.477 e. The van der Waals surface area contributed by atoms with E-state index in [1.807, 2.05) is 0 Å². The third kappa shape index (κ3) is 3.17. The first-order valence-corrected chi connectivity index (χ1v) is 7.49. The summed E-state index contributed by atoms with van der Waals surface area (Å²) in [6, 6.07) is 2.85. The van der Waals surface area contributed by atoms with E-state index < -0.39 is 32.4 Å². The first-order chi connectivity index (χ1) is 10.1. The van der Waals surface area contributed by atoms with E-state index in [0.29, 0.717) is 16.9 Å². The summed E-state index contributed by atoms with van der Waals surface area (Å²) in [6.07, 6.45) is 2.70. The molecule has 0 aliphatic rings.